The maximum atomic E-state index is 13.3. The molecular weight excluding hydrogens is 450 g/mol. The van der Waals surface area contributed by atoms with Crippen LogP contribution in [0, 0.1) is 22.7 Å². The summed E-state index contributed by atoms with van der Waals surface area (Å²) in [6, 6.07) is 7.25. The molecule has 1 heterocycles. The van der Waals surface area contributed by atoms with Crippen molar-refractivity contribution in [1.29, 1.82) is 0 Å². The molecule has 6 nitrogen and oxygen atoms in total. The summed E-state index contributed by atoms with van der Waals surface area (Å²) in [5.74, 6) is 0.495. The van der Waals surface area contributed by atoms with Crippen LogP contribution in [0.25, 0.3) is 0 Å². The minimum Gasteiger partial charge on any atom is -0.459 e. The molecule has 2 unspecified atom stereocenters. The second-order valence-corrected chi connectivity index (χ2v) is 13.4. The van der Waals surface area contributed by atoms with E-state index in [9.17, 15) is 9.59 Å². The summed E-state index contributed by atoms with van der Waals surface area (Å²) in [4.78, 5) is 32.3. The number of esters is 1. The molecule has 2 aliphatic rings. The van der Waals surface area contributed by atoms with E-state index in [1.807, 2.05) is 30.9 Å². The maximum Gasteiger partial charge on any atom is 0.338 e. The van der Waals surface area contributed by atoms with Gasteiger partial charge in [-0.05, 0) is 92.7 Å². The summed E-state index contributed by atoms with van der Waals surface area (Å²) in [7, 11) is 0. The molecule has 1 aliphatic heterocycles. The number of rotatable bonds is 7. The highest BCUT2D eigenvalue weighted by Crippen LogP contribution is 2.44. The van der Waals surface area contributed by atoms with E-state index in [0.717, 1.165) is 37.7 Å². The first-order valence-corrected chi connectivity index (χ1v) is 13.6. The van der Waals surface area contributed by atoms with Crippen molar-refractivity contribution in [2.24, 2.45) is 33.4 Å². The summed E-state index contributed by atoms with van der Waals surface area (Å²) < 4.78 is 5.34. The average Bonchev–Trinajstić information content (AvgIpc) is 3.18. The van der Waals surface area contributed by atoms with E-state index in [1.54, 1.807) is 12.1 Å². The molecule has 1 aliphatic carbocycles. The van der Waals surface area contributed by atoms with Gasteiger partial charge in [-0.15, -0.1) is 0 Å². The molecule has 36 heavy (non-hydrogen) atoms. The van der Waals surface area contributed by atoms with E-state index in [1.165, 1.54) is 6.21 Å². The lowest BCUT2D eigenvalue weighted by atomic mass is 9.69. The van der Waals surface area contributed by atoms with Crippen molar-refractivity contribution in [1.82, 2.24) is 4.90 Å². The number of nitrogens with two attached hydrogens (primary N) is 1. The lowest BCUT2D eigenvalue weighted by molar-refractivity contribution is -0.134. The SMILES string of the molecule is CC(C)OC(=O)c1ccc(C(N)(CCC(C)(C)C)N2C(=O)C=NC2C2CCC(C(C)(C)C)CC2)cc1. The van der Waals surface area contributed by atoms with Gasteiger partial charge in [-0.1, -0.05) is 53.7 Å². The Bertz CT molecular complexity index is 947. The highest BCUT2D eigenvalue weighted by Gasteiger charge is 2.47. The maximum absolute atomic E-state index is 13.3. The van der Waals surface area contributed by atoms with Gasteiger partial charge < -0.3 is 10.5 Å². The molecule has 2 N–H and O–H groups in total. The lowest BCUT2D eigenvalue weighted by Crippen LogP contribution is -2.59. The van der Waals surface area contributed by atoms with Crippen molar-refractivity contribution in [2.75, 3.05) is 0 Å². The number of benzene rings is 1. The van der Waals surface area contributed by atoms with Crippen molar-refractivity contribution >= 4 is 18.1 Å². The van der Waals surface area contributed by atoms with Crippen LogP contribution in [0.5, 0.6) is 0 Å². The highest BCUT2D eigenvalue weighted by atomic mass is 16.5. The number of hydrogen-bond donors (Lipinski definition) is 1. The summed E-state index contributed by atoms with van der Waals surface area (Å²) in [5, 5.41) is 0. The third-order valence-electron chi connectivity index (χ3n) is 7.91. The van der Waals surface area contributed by atoms with E-state index in [-0.39, 0.29) is 29.6 Å². The molecule has 1 aromatic carbocycles. The van der Waals surface area contributed by atoms with E-state index < -0.39 is 5.66 Å². The fraction of sp³-hybridized carbons (Fsp3) is 0.700. The number of amides is 1. The van der Waals surface area contributed by atoms with E-state index in [0.29, 0.717) is 29.2 Å². The Morgan fingerprint density at radius 2 is 1.61 bits per heavy atom. The van der Waals surface area contributed by atoms with Crippen LogP contribution in [-0.2, 0) is 15.2 Å². The summed E-state index contributed by atoms with van der Waals surface area (Å²) in [6.45, 7) is 17.2. The van der Waals surface area contributed by atoms with E-state index in [4.69, 9.17) is 15.5 Å². The zero-order valence-electron chi connectivity index (χ0n) is 23.6. The van der Waals surface area contributed by atoms with E-state index >= 15 is 0 Å². The standard InChI is InChI=1S/C30H47N3O3/c1-20(2)36-27(35)22-11-15-24(16-12-22)30(31,18-17-28(3,4)5)33-25(34)19-32-26(33)21-9-13-23(14-10-21)29(6,7)8/h11-12,15-16,19-21,23,26H,9-10,13-14,17-18,31H2,1-8H3. The molecule has 200 valence electrons. The van der Waals surface area contributed by atoms with E-state index in [2.05, 4.69) is 41.5 Å². The highest BCUT2D eigenvalue weighted by molar-refractivity contribution is 6.28. The minimum absolute atomic E-state index is 0.0511. The van der Waals surface area contributed by atoms with Crippen LogP contribution >= 0.6 is 0 Å². The molecule has 0 bridgehead atoms. The Hall–Kier alpha value is -2.21. The van der Waals surface area contributed by atoms with Gasteiger partial charge in [0, 0.05) is 0 Å². The van der Waals surface area contributed by atoms with Gasteiger partial charge in [0.2, 0.25) is 0 Å². The van der Waals surface area contributed by atoms with Crippen molar-refractivity contribution in [3.05, 3.63) is 35.4 Å². The van der Waals surface area contributed by atoms with Gasteiger partial charge in [0.1, 0.15) is 11.8 Å². The van der Waals surface area contributed by atoms with Crippen LogP contribution in [0.1, 0.15) is 110 Å². The third kappa shape index (κ3) is 6.56. The molecule has 0 aromatic heterocycles. The number of carbonyl (C=O) groups is 2. The quantitative estimate of drug-likeness (QED) is 0.449. The number of nitrogens with zero attached hydrogens (tertiary/aromatic N) is 2. The van der Waals surface area contributed by atoms with Crippen molar-refractivity contribution in [3.8, 4) is 0 Å². The molecule has 1 saturated carbocycles. The minimum atomic E-state index is -1.02. The molecule has 1 amide bonds. The fourth-order valence-corrected chi connectivity index (χ4v) is 5.59. The molecular formula is C30H47N3O3. The molecule has 0 spiro atoms. The Labute approximate surface area is 218 Å². The van der Waals surface area contributed by atoms with Crippen molar-refractivity contribution < 1.29 is 14.3 Å². The fourth-order valence-electron chi connectivity index (χ4n) is 5.59. The van der Waals surface area contributed by atoms with Crippen LogP contribution in [0.4, 0.5) is 0 Å². The first-order chi connectivity index (χ1) is 16.6. The molecule has 0 radical (unpaired) electrons. The largest absolute Gasteiger partial charge is 0.459 e. The Morgan fingerprint density at radius 1 is 1.03 bits per heavy atom. The van der Waals surface area contributed by atoms with Crippen LogP contribution in [0.3, 0.4) is 0 Å². The molecule has 6 heteroatoms. The van der Waals surface area contributed by atoms with Gasteiger partial charge in [0.25, 0.3) is 5.91 Å². The number of carbonyl (C=O) groups excluding carboxylic acids is 2. The topological polar surface area (TPSA) is 85.0 Å². The van der Waals surface area contributed by atoms with Crippen LogP contribution in [0.15, 0.2) is 29.3 Å². The number of aliphatic imine (C=N–C) groups is 1. The first kappa shape index (κ1) is 28.4. The predicted octanol–water partition coefficient (Wildman–Crippen LogP) is 6.28. The van der Waals surface area contributed by atoms with Gasteiger partial charge in [-0.25, -0.2) is 4.79 Å². The molecule has 3 rings (SSSR count). The van der Waals surface area contributed by atoms with Crippen LogP contribution in [-0.4, -0.2) is 35.3 Å². The van der Waals surface area contributed by atoms with Gasteiger partial charge >= 0.3 is 5.97 Å². The molecule has 1 aromatic rings. The van der Waals surface area contributed by atoms with Crippen LogP contribution in [0.2, 0.25) is 0 Å². The smallest absolute Gasteiger partial charge is 0.338 e. The second kappa shape index (κ2) is 10.6. The van der Waals surface area contributed by atoms with Gasteiger partial charge in [-0.3, -0.25) is 14.7 Å². The number of ether oxygens (including phenoxy) is 1. The number of hydrogen-bond acceptors (Lipinski definition) is 5. The van der Waals surface area contributed by atoms with Crippen LogP contribution < -0.4 is 5.73 Å². The van der Waals surface area contributed by atoms with Gasteiger partial charge in [-0.2, -0.15) is 0 Å². The normalized spacial score (nSPS) is 24.8. The van der Waals surface area contributed by atoms with Crippen molar-refractivity contribution in [2.45, 2.75) is 112 Å². The van der Waals surface area contributed by atoms with Gasteiger partial charge in [0.05, 0.1) is 17.9 Å². The lowest BCUT2D eigenvalue weighted by Gasteiger charge is -2.46. The summed E-state index contributed by atoms with van der Waals surface area (Å²) in [6.07, 6.45) is 6.85. The zero-order chi connectivity index (χ0) is 26.9. The summed E-state index contributed by atoms with van der Waals surface area (Å²) in [5.41, 5.74) is 7.85. The molecule has 2 atom stereocenters. The monoisotopic (exact) mass is 497 g/mol. The Morgan fingerprint density at radius 3 is 2.11 bits per heavy atom. The first-order valence-electron chi connectivity index (χ1n) is 13.6. The van der Waals surface area contributed by atoms with Gasteiger partial charge in [0.15, 0.2) is 0 Å². The Kier molecular flexibility index (Phi) is 8.39. The summed E-state index contributed by atoms with van der Waals surface area (Å²) >= 11 is 0. The Balaban J connectivity index is 1.91. The molecule has 1 fully saturated rings. The average molecular weight is 498 g/mol. The van der Waals surface area contributed by atoms with Crippen molar-refractivity contribution in [3.63, 3.8) is 0 Å². The third-order valence-corrected chi connectivity index (χ3v) is 7.91. The predicted molar refractivity (Wildman–Crippen MR) is 146 cm³/mol. The second-order valence-electron chi connectivity index (χ2n) is 13.4. The zero-order valence-corrected chi connectivity index (χ0v) is 23.6. The molecule has 0 saturated heterocycles.